The van der Waals surface area contributed by atoms with Gasteiger partial charge in [0.1, 0.15) is 23.6 Å². The highest BCUT2D eigenvalue weighted by Gasteiger charge is 2.25. The van der Waals surface area contributed by atoms with Gasteiger partial charge in [-0.2, -0.15) is 5.10 Å². The summed E-state index contributed by atoms with van der Waals surface area (Å²) >= 11 is 0. The third-order valence-electron chi connectivity index (χ3n) is 6.07. The van der Waals surface area contributed by atoms with Crippen LogP contribution in [-0.4, -0.2) is 36.2 Å². The molecule has 0 unspecified atom stereocenters. The van der Waals surface area contributed by atoms with E-state index in [9.17, 15) is 0 Å². The van der Waals surface area contributed by atoms with Crippen molar-refractivity contribution in [3.8, 4) is 28.5 Å². The number of imidazole rings is 1. The zero-order valence-electron chi connectivity index (χ0n) is 18.0. The molecule has 0 aliphatic carbocycles. The molecule has 32 heavy (non-hydrogen) atoms. The van der Waals surface area contributed by atoms with Gasteiger partial charge in [0.15, 0.2) is 5.65 Å². The molecule has 5 heterocycles. The molecule has 0 fully saturated rings. The quantitative estimate of drug-likeness (QED) is 0.436. The van der Waals surface area contributed by atoms with Crippen molar-refractivity contribution < 1.29 is 4.74 Å². The Labute approximate surface area is 185 Å². The van der Waals surface area contributed by atoms with E-state index in [1.54, 1.807) is 13.4 Å². The maximum Gasteiger partial charge on any atom is 0.155 e. The summed E-state index contributed by atoms with van der Waals surface area (Å²) in [4.78, 5) is 14.2. The molecule has 0 bridgehead atoms. The predicted molar refractivity (Wildman–Crippen MR) is 122 cm³/mol. The van der Waals surface area contributed by atoms with E-state index in [4.69, 9.17) is 14.7 Å². The van der Waals surface area contributed by atoms with Crippen molar-refractivity contribution in [1.82, 2.24) is 29.1 Å². The zero-order valence-corrected chi connectivity index (χ0v) is 18.0. The lowest BCUT2D eigenvalue weighted by Crippen LogP contribution is -2.14. The van der Waals surface area contributed by atoms with Gasteiger partial charge in [-0.15, -0.1) is 0 Å². The largest absolute Gasteiger partial charge is 0.497 e. The average Bonchev–Trinajstić information content (AvgIpc) is 3.43. The smallest absolute Gasteiger partial charge is 0.155 e. The van der Waals surface area contributed by atoms with Gasteiger partial charge in [0.05, 0.1) is 18.5 Å². The minimum absolute atomic E-state index is 0.735. The third kappa shape index (κ3) is 3.05. The number of hydrogen-bond acceptors (Lipinski definition) is 5. The second-order valence-corrected chi connectivity index (χ2v) is 8.10. The van der Waals surface area contributed by atoms with Crippen LogP contribution < -0.4 is 4.74 Å². The van der Waals surface area contributed by atoms with Crippen molar-refractivity contribution in [2.75, 3.05) is 7.11 Å². The molecule has 6 rings (SSSR count). The maximum atomic E-state index is 5.44. The van der Waals surface area contributed by atoms with Crippen LogP contribution in [-0.2, 0) is 19.4 Å². The molecule has 7 heteroatoms. The minimum Gasteiger partial charge on any atom is -0.497 e. The van der Waals surface area contributed by atoms with Gasteiger partial charge in [0.25, 0.3) is 0 Å². The zero-order chi connectivity index (χ0) is 21.7. The number of aryl methyl sites for hydroxylation is 2. The standard InChI is InChI=1S/C25H22N6O/c1-16-4-3-5-21(28-16)24-22(12-17-6-9-23-26-15-27-31(23)14-17)30-11-10-18-13-19(32-2)7-8-20(18)25(30)29-24/h3-9,13-15H,10-12H2,1-2H3. The van der Waals surface area contributed by atoms with Crippen molar-refractivity contribution in [2.24, 2.45) is 0 Å². The summed E-state index contributed by atoms with van der Waals surface area (Å²) in [5.74, 6) is 1.87. The first-order chi connectivity index (χ1) is 15.7. The molecule has 1 aliphatic heterocycles. The number of nitrogens with zero attached hydrogens (tertiary/aromatic N) is 6. The number of benzene rings is 1. The Morgan fingerprint density at radius 2 is 2.00 bits per heavy atom. The van der Waals surface area contributed by atoms with E-state index in [1.165, 1.54) is 11.3 Å². The monoisotopic (exact) mass is 422 g/mol. The summed E-state index contributed by atoms with van der Waals surface area (Å²) in [6.07, 6.45) is 5.29. The van der Waals surface area contributed by atoms with Crippen molar-refractivity contribution in [3.63, 3.8) is 0 Å². The van der Waals surface area contributed by atoms with Crippen molar-refractivity contribution in [3.05, 3.63) is 83.6 Å². The Morgan fingerprint density at radius 3 is 2.88 bits per heavy atom. The Hall–Kier alpha value is -4.00. The topological polar surface area (TPSA) is 70.1 Å². The molecule has 1 aliphatic rings. The highest BCUT2D eigenvalue weighted by molar-refractivity contribution is 5.70. The van der Waals surface area contributed by atoms with E-state index >= 15 is 0 Å². The van der Waals surface area contributed by atoms with Crippen LogP contribution in [0.3, 0.4) is 0 Å². The lowest BCUT2D eigenvalue weighted by molar-refractivity contribution is 0.414. The molecule has 0 amide bonds. The molecule has 0 radical (unpaired) electrons. The molecule has 158 valence electrons. The number of fused-ring (bicyclic) bond motifs is 4. The molecule has 0 N–H and O–H groups in total. The number of methoxy groups -OCH3 is 1. The number of ether oxygens (including phenoxy) is 1. The summed E-state index contributed by atoms with van der Waals surface area (Å²) < 4.78 is 9.60. The summed E-state index contributed by atoms with van der Waals surface area (Å²) in [5, 5.41) is 4.29. The second-order valence-electron chi connectivity index (χ2n) is 8.10. The van der Waals surface area contributed by atoms with Crippen LogP contribution in [0.4, 0.5) is 0 Å². The predicted octanol–water partition coefficient (Wildman–Crippen LogP) is 4.12. The molecular weight excluding hydrogens is 400 g/mol. The Bertz CT molecular complexity index is 1460. The Morgan fingerprint density at radius 1 is 1.06 bits per heavy atom. The highest BCUT2D eigenvalue weighted by atomic mass is 16.5. The lowest BCUT2D eigenvalue weighted by atomic mass is 10.00. The van der Waals surface area contributed by atoms with Crippen LogP contribution in [0.1, 0.15) is 22.5 Å². The molecule has 0 saturated carbocycles. The normalized spacial score (nSPS) is 12.6. The van der Waals surface area contributed by atoms with Crippen LogP contribution in [0.5, 0.6) is 5.75 Å². The number of pyridine rings is 2. The molecule has 0 spiro atoms. The van der Waals surface area contributed by atoms with Crippen molar-refractivity contribution >= 4 is 5.65 Å². The van der Waals surface area contributed by atoms with Gasteiger partial charge < -0.3 is 9.30 Å². The summed E-state index contributed by atoms with van der Waals surface area (Å²) in [5.41, 5.74) is 8.40. The summed E-state index contributed by atoms with van der Waals surface area (Å²) in [6.45, 7) is 2.88. The van der Waals surface area contributed by atoms with E-state index < -0.39 is 0 Å². The fourth-order valence-corrected chi connectivity index (χ4v) is 4.50. The third-order valence-corrected chi connectivity index (χ3v) is 6.07. The maximum absolute atomic E-state index is 5.44. The fraction of sp³-hybridized carbons (Fsp3) is 0.200. The van der Waals surface area contributed by atoms with Crippen LogP contribution in [0.15, 0.2) is 61.1 Å². The van der Waals surface area contributed by atoms with E-state index in [0.717, 1.165) is 64.8 Å². The van der Waals surface area contributed by atoms with E-state index in [-0.39, 0.29) is 0 Å². The minimum atomic E-state index is 0.735. The molecular formula is C25H22N6O. The fourth-order valence-electron chi connectivity index (χ4n) is 4.50. The SMILES string of the molecule is COc1ccc2c(c1)CCn1c-2nc(-c2cccc(C)n2)c1Cc1ccc2ncnn2c1. The van der Waals surface area contributed by atoms with E-state index in [0.29, 0.717) is 0 Å². The van der Waals surface area contributed by atoms with Gasteiger partial charge in [-0.25, -0.2) is 14.5 Å². The number of hydrogen-bond donors (Lipinski definition) is 0. The van der Waals surface area contributed by atoms with Crippen molar-refractivity contribution in [2.45, 2.75) is 26.3 Å². The van der Waals surface area contributed by atoms with Crippen LogP contribution in [0.25, 0.3) is 28.4 Å². The average molecular weight is 422 g/mol. The van der Waals surface area contributed by atoms with Crippen LogP contribution in [0.2, 0.25) is 0 Å². The molecule has 0 saturated heterocycles. The van der Waals surface area contributed by atoms with Crippen LogP contribution in [0, 0.1) is 6.92 Å². The molecule has 7 nitrogen and oxygen atoms in total. The van der Waals surface area contributed by atoms with E-state index in [2.05, 4.69) is 32.8 Å². The summed E-state index contributed by atoms with van der Waals surface area (Å²) in [6, 6.07) is 16.5. The first-order valence-electron chi connectivity index (χ1n) is 10.7. The van der Waals surface area contributed by atoms with Gasteiger partial charge in [-0.3, -0.25) is 4.98 Å². The highest BCUT2D eigenvalue weighted by Crippen LogP contribution is 2.36. The van der Waals surface area contributed by atoms with Gasteiger partial charge >= 0.3 is 0 Å². The molecule has 4 aromatic heterocycles. The first kappa shape index (κ1) is 18.7. The Balaban J connectivity index is 1.52. The number of rotatable bonds is 4. The lowest BCUT2D eigenvalue weighted by Gasteiger charge is -2.20. The van der Waals surface area contributed by atoms with Gasteiger partial charge in [-0.1, -0.05) is 12.1 Å². The number of aromatic nitrogens is 6. The van der Waals surface area contributed by atoms with Gasteiger partial charge in [0, 0.05) is 30.4 Å². The van der Waals surface area contributed by atoms with Crippen LogP contribution >= 0.6 is 0 Å². The van der Waals surface area contributed by atoms with Gasteiger partial charge in [-0.05, 0) is 60.9 Å². The molecule has 5 aromatic rings. The first-order valence-corrected chi connectivity index (χ1v) is 10.7. The second kappa shape index (κ2) is 7.30. The molecule has 1 aromatic carbocycles. The van der Waals surface area contributed by atoms with Crippen molar-refractivity contribution in [1.29, 1.82) is 0 Å². The van der Waals surface area contributed by atoms with Gasteiger partial charge in [0.2, 0.25) is 0 Å². The Kier molecular flexibility index (Phi) is 4.28. The van der Waals surface area contributed by atoms with E-state index in [1.807, 2.05) is 48.0 Å². The summed E-state index contributed by atoms with van der Waals surface area (Å²) in [7, 11) is 1.71. The molecule has 0 atom stereocenters.